The van der Waals surface area contributed by atoms with E-state index in [1.807, 2.05) is 18.7 Å². The monoisotopic (exact) mass is 252 g/mol. The Balaban J connectivity index is 2.04. The maximum absolute atomic E-state index is 5.89. The average molecular weight is 252 g/mol. The molecule has 0 bridgehead atoms. The zero-order chi connectivity index (χ0) is 12.3. The van der Waals surface area contributed by atoms with E-state index in [1.54, 1.807) is 6.33 Å². The van der Waals surface area contributed by atoms with Crippen LogP contribution in [-0.4, -0.2) is 40.6 Å². The van der Waals surface area contributed by atoms with E-state index in [1.165, 1.54) is 0 Å². The van der Waals surface area contributed by atoms with Crippen molar-refractivity contribution >= 4 is 17.6 Å². The molecule has 94 valence electrons. The van der Waals surface area contributed by atoms with E-state index in [9.17, 15) is 0 Å². The van der Waals surface area contributed by atoms with Crippen LogP contribution in [0.1, 0.15) is 18.5 Å². The normalized spacial score (nSPS) is 19.4. The molecule has 0 aliphatic carbocycles. The summed E-state index contributed by atoms with van der Waals surface area (Å²) in [6, 6.07) is 2.05. The minimum atomic E-state index is 0.276. The summed E-state index contributed by atoms with van der Waals surface area (Å²) in [5, 5.41) is 0. The number of hydrogen-bond donors (Lipinski definition) is 1. The van der Waals surface area contributed by atoms with Gasteiger partial charge in [-0.1, -0.05) is 0 Å². The van der Waals surface area contributed by atoms with Gasteiger partial charge in [-0.15, -0.1) is 0 Å². The number of nitrogens with zero attached hydrogens (tertiary/aromatic N) is 3. The molecule has 1 aliphatic rings. The van der Waals surface area contributed by atoms with Gasteiger partial charge in [-0.2, -0.15) is 11.8 Å². The molecule has 0 saturated carbocycles. The fourth-order valence-electron chi connectivity index (χ4n) is 2.25. The standard InChI is InChI=1S/C12H20N4S/c1-10-7-11(15-9-14-10)16-5-3-12(8-13,17-2)4-6-16/h7,9H,3-6,8,13H2,1-2H3. The smallest absolute Gasteiger partial charge is 0.132 e. The number of nitrogens with two attached hydrogens (primary N) is 1. The number of aryl methyl sites for hydroxylation is 1. The van der Waals surface area contributed by atoms with Gasteiger partial charge in [0.25, 0.3) is 0 Å². The minimum absolute atomic E-state index is 0.276. The lowest BCUT2D eigenvalue weighted by atomic mass is 9.96. The van der Waals surface area contributed by atoms with Crippen molar-refractivity contribution in [3.63, 3.8) is 0 Å². The molecule has 2 rings (SSSR count). The molecule has 5 heteroatoms. The summed E-state index contributed by atoms with van der Waals surface area (Å²) < 4.78 is 0.276. The molecule has 0 aromatic carbocycles. The third-order valence-electron chi connectivity index (χ3n) is 3.59. The SMILES string of the molecule is CSC1(CN)CCN(c2cc(C)ncn2)CC1. The van der Waals surface area contributed by atoms with E-state index in [-0.39, 0.29) is 4.75 Å². The number of rotatable bonds is 3. The van der Waals surface area contributed by atoms with E-state index in [4.69, 9.17) is 5.73 Å². The van der Waals surface area contributed by atoms with Crippen LogP contribution in [0.15, 0.2) is 12.4 Å². The molecule has 1 saturated heterocycles. The lowest BCUT2D eigenvalue weighted by Crippen LogP contribution is -2.46. The Bertz CT molecular complexity index is 369. The molecule has 17 heavy (non-hydrogen) atoms. The van der Waals surface area contributed by atoms with Crippen LogP contribution in [0.4, 0.5) is 5.82 Å². The molecule has 1 aromatic rings. The summed E-state index contributed by atoms with van der Waals surface area (Å²) in [6.45, 7) is 4.84. The Morgan fingerprint density at radius 1 is 1.41 bits per heavy atom. The number of anilines is 1. The Labute approximate surface area is 107 Å². The van der Waals surface area contributed by atoms with Gasteiger partial charge in [0.05, 0.1) is 0 Å². The second-order valence-corrected chi connectivity index (χ2v) is 5.87. The second-order valence-electron chi connectivity index (χ2n) is 4.60. The zero-order valence-corrected chi connectivity index (χ0v) is 11.3. The Morgan fingerprint density at radius 3 is 2.65 bits per heavy atom. The molecule has 4 nitrogen and oxygen atoms in total. The Kier molecular flexibility index (Phi) is 3.89. The van der Waals surface area contributed by atoms with Crippen molar-refractivity contribution in [1.82, 2.24) is 9.97 Å². The predicted molar refractivity (Wildman–Crippen MR) is 73.5 cm³/mol. The van der Waals surface area contributed by atoms with E-state index in [0.29, 0.717) is 0 Å². The molecule has 1 aromatic heterocycles. The Hall–Kier alpha value is -0.810. The molecule has 0 radical (unpaired) electrons. The first-order valence-corrected chi connectivity index (χ1v) is 7.20. The van der Waals surface area contributed by atoms with Gasteiger partial charge in [-0.25, -0.2) is 9.97 Å². The van der Waals surface area contributed by atoms with E-state index in [0.717, 1.165) is 44.0 Å². The average Bonchev–Trinajstić information content (AvgIpc) is 2.39. The number of piperidine rings is 1. The third kappa shape index (κ3) is 2.72. The maximum Gasteiger partial charge on any atom is 0.132 e. The van der Waals surface area contributed by atoms with Crippen molar-refractivity contribution in [2.24, 2.45) is 5.73 Å². The molecular formula is C12H20N4S. The Morgan fingerprint density at radius 2 is 2.12 bits per heavy atom. The first-order valence-electron chi connectivity index (χ1n) is 5.98. The molecule has 1 aliphatic heterocycles. The molecular weight excluding hydrogens is 232 g/mol. The van der Waals surface area contributed by atoms with Crippen LogP contribution in [0.25, 0.3) is 0 Å². The summed E-state index contributed by atoms with van der Waals surface area (Å²) in [5.41, 5.74) is 6.92. The van der Waals surface area contributed by atoms with Gasteiger partial charge >= 0.3 is 0 Å². The van der Waals surface area contributed by atoms with E-state index in [2.05, 4.69) is 27.2 Å². The highest BCUT2D eigenvalue weighted by Gasteiger charge is 2.32. The maximum atomic E-state index is 5.89. The summed E-state index contributed by atoms with van der Waals surface area (Å²) >= 11 is 1.91. The van der Waals surface area contributed by atoms with Crippen molar-refractivity contribution in [3.8, 4) is 0 Å². The van der Waals surface area contributed by atoms with Crippen molar-refractivity contribution in [1.29, 1.82) is 0 Å². The van der Waals surface area contributed by atoms with E-state index < -0.39 is 0 Å². The van der Waals surface area contributed by atoms with Gasteiger partial charge in [0, 0.05) is 36.1 Å². The summed E-state index contributed by atoms with van der Waals surface area (Å²) in [6.07, 6.45) is 6.07. The third-order valence-corrected chi connectivity index (χ3v) is 5.03. The van der Waals surface area contributed by atoms with Crippen LogP contribution in [0, 0.1) is 6.92 Å². The van der Waals surface area contributed by atoms with Gasteiger partial charge in [-0.3, -0.25) is 0 Å². The first-order chi connectivity index (χ1) is 8.19. The topological polar surface area (TPSA) is 55.0 Å². The van der Waals surface area contributed by atoms with Crippen molar-refractivity contribution in [2.75, 3.05) is 30.8 Å². The molecule has 2 heterocycles. The van der Waals surface area contributed by atoms with Gasteiger partial charge < -0.3 is 10.6 Å². The predicted octanol–water partition coefficient (Wildman–Crippen LogP) is 1.45. The quantitative estimate of drug-likeness (QED) is 0.882. The van der Waals surface area contributed by atoms with Crippen molar-refractivity contribution < 1.29 is 0 Å². The largest absolute Gasteiger partial charge is 0.356 e. The van der Waals surface area contributed by atoms with Crippen LogP contribution >= 0.6 is 11.8 Å². The molecule has 0 unspecified atom stereocenters. The van der Waals surface area contributed by atoms with Gasteiger partial charge in [-0.05, 0) is 26.0 Å². The summed E-state index contributed by atoms with van der Waals surface area (Å²) in [5.74, 6) is 1.05. The second kappa shape index (κ2) is 5.23. The van der Waals surface area contributed by atoms with Crippen molar-refractivity contribution in [3.05, 3.63) is 18.1 Å². The molecule has 0 atom stereocenters. The lowest BCUT2D eigenvalue weighted by Gasteiger charge is -2.40. The lowest BCUT2D eigenvalue weighted by molar-refractivity contribution is 0.455. The van der Waals surface area contributed by atoms with Crippen LogP contribution in [0.3, 0.4) is 0 Å². The fourth-order valence-corrected chi connectivity index (χ4v) is 3.01. The summed E-state index contributed by atoms with van der Waals surface area (Å²) in [4.78, 5) is 10.8. The fraction of sp³-hybridized carbons (Fsp3) is 0.667. The van der Waals surface area contributed by atoms with Crippen LogP contribution in [0.2, 0.25) is 0 Å². The van der Waals surface area contributed by atoms with Gasteiger partial charge in [0.15, 0.2) is 0 Å². The zero-order valence-electron chi connectivity index (χ0n) is 10.5. The number of thioether (sulfide) groups is 1. The van der Waals surface area contributed by atoms with E-state index >= 15 is 0 Å². The van der Waals surface area contributed by atoms with Crippen LogP contribution in [-0.2, 0) is 0 Å². The molecule has 0 amide bonds. The number of hydrogen-bond acceptors (Lipinski definition) is 5. The number of aromatic nitrogens is 2. The van der Waals surface area contributed by atoms with Gasteiger partial charge in [0.1, 0.15) is 12.1 Å². The highest BCUT2D eigenvalue weighted by molar-refractivity contribution is 8.00. The first kappa shape index (κ1) is 12.6. The van der Waals surface area contributed by atoms with Gasteiger partial charge in [0.2, 0.25) is 0 Å². The molecule has 1 fully saturated rings. The molecule has 0 spiro atoms. The highest BCUT2D eigenvalue weighted by Crippen LogP contribution is 2.34. The molecule has 2 N–H and O–H groups in total. The summed E-state index contributed by atoms with van der Waals surface area (Å²) in [7, 11) is 0. The highest BCUT2D eigenvalue weighted by atomic mass is 32.2. The van der Waals surface area contributed by atoms with Crippen molar-refractivity contribution in [2.45, 2.75) is 24.5 Å². The van der Waals surface area contributed by atoms with Crippen LogP contribution < -0.4 is 10.6 Å². The minimum Gasteiger partial charge on any atom is -0.356 e. The van der Waals surface area contributed by atoms with Crippen LogP contribution in [0.5, 0.6) is 0 Å².